The minimum absolute atomic E-state index is 0.00294. The van der Waals surface area contributed by atoms with Crippen LogP contribution < -0.4 is 16.4 Å². The first-order chi connectivity index (χ1) is 12.0. The van der Waals surface area contributed by atoms with Crippen molar-refractivity contribution in [2.24, 2.45) is 15.7 Å². The van der Waals surface area contributed by atoms with Crippen molar-refractivity contribution in [3.8, 4) is 0 Å². The number of benzene rings is 1. The van der Waals surface area contributed by atoms with Gasteiger partial charge in [-0.15, -0.1) is 0 Å². The molecule has 0 aliphatic heterocycles. The Morgan fingerprint density at radius 2 is 2.04 bits per heavy atom. The van der Waals surface area contributed by atoms with E-state index in [9.17, 15) is 4.79 Å². The van der Waals surface area contributed by atoms with Crippen LogP contribution in [0.5, 0.6) is 0 Å². The molecule has 7 heteroatoms. The summed E-state index contributed by atoms with van der Waals surface area (Å²) < 4.78 is 0. The van der Waals surface area contributed by atoms with Crippen LogP contribution in [0.2, 0.25) is 0 Å². The molecule has 1 aliphatic rings. The molecule has 1 aliphatic carbocycles. The van der Waals surface area contributed by atoms with Gasteiger partial charge in [-0.05, 0) is 33.1 Å². The van der Waals surface area contributed by atoms with Gasteiger partial charge in [0.25, 0.3) is 0 Å². The predicted molar refractivity (Wildman–Crippen MR) is 100 cm³/mol. The number of amides is 1. The maximum atomic E-state index is 10.5. The van der Waals surface area contributed by atoms with E-state index >= 15 is 0 Å². The molecule has 0 unspecified atom stereocenters. The topological polar surface area (TPSA) is 112 Å². The van der Waals surface area contributed by atoms with Crippen molar-refractivity contribution >= 4 is 17.8 Å². The fourth-order valence-corrected chi connectivity index (χ4v) is 2.26. The molecule has 0 spiro atoms. The van der Waals surface area contributed by atoms with E-state index in [0.717, 1.165) is 11.1 Å². The van der Waals surface area contributed by atoms with Gasteiger partial charge in [-0.25, -0.2) is 9.79 Å². The van der Waals surface area contributed by atoms with Crippen LogP contribution in [0.4, 0.5) is 4.79 Å². The van der Waals surface area contributed by atoms with Gasteiger partial charge in [-0.2, -0.15) is 0 Å². The molecule has 0 radical (unpaired) electrons. The van der Waals surface area contributed by atoms with E-state index in [0.29, 0.717) is 37.2 Å². The van der Waals surface area contributed by atoms with Gasteiger partial charge in [-0.1, -0.05) is 29.8 Å². The zero-order valence-electron chi connectivity index (χ0n) is 14.8. The van der Waals surface area contributed by atoms with E-state index in [4.69, 9.17) is 10.8 Å². The third-order valence-corrected chi connectivity index (χ3v) is 3.92. The number of nitrogens with one attached hydrogen (secondary N) is 2. The Bertz CT molecular complexity index is 635. The lowest BCUT2D eigenvalue weighted by Crippen LogP contribution is -2.40. The Hall–Kier alpha value is -2.41. The van der Waals surface area contributed by atoms with Crippen LogP contribution >= 0.6 is 0 Å². The fraction of sp³-hybridized carbons (Fsp3) is 0.500. The number of carboxylic acid groups (broad SMARTS) is 1. The van der Waals surface area contributed by atoms with Crippen molar-refractivity contribution in [3.63, 3.8) is 0 Å². The molecule has 0 heterocycles. The summed E-state index contributed by atoms with van der Waals surface area (Å²) in [6, 6.07) is 8.50. The highest BCUT2D eigenvalue weighted by atomic mass is 16.4. The average molecular weight is 345 g/mol. The first-order valence-electron chi connectivity index (χ1n) is 8.64. The summed E-state index contributed by atoms with van der Waals surface area (Å²) in [4.78, 5) is 19.5. The molecule has 2 rings (SSSR count). The molecule has 7 nitrogen and oxygen atoms in total. The summed E-state index contributed by atoms with van der Waals surface area (Å²) in [6.45, 7) is 4.86. The molecule has 1 saturated carbocycles. The van der Waals surface area contributed by atoms with Crippen LogP contribution in [0.1, 0.15) is 37.3 Å². The zero-order valence-corrected chi connectivity index (χ0v) is 14.8. The highest BCUT2D eigenvalue weighted by Gasteiger charge is 2.24. The minimum atomic E-state index is -1.02. The molecule has 1 amide bonds. The quantitative estimate of drug-likeness (QED) is 0.327. The second kappa shape index (κ2) is 9.17. The predicted octanol–water partition coefficient (Wildman–Crippen LogP) is 1.90. The molecule has 25 heavy (non-hydrogen) atoms. The molecular formula is C18H27N5O2. The molecule has 136 valence electrons. The van der Waals surface area contributed by atoms with Crippen molar-refractivity contribution in [1.82, 2.24) is 10.6 Å². The summed E-state index contributed by atoms with van der Waals surface area (Å²) in [5.74, 6) is 1.09. The van der Waals surface area contributed by atoms with E-state index in [2.05, 4.69) is 20.6 Å². The van der Waals surface area contributed by atoms with Crippen molar-refractivity contribution < 1.29 is 9.90 Å². The summed E-state index contributed by atoms with van der Waals surface area (Å²) in [5, 5.41) is 14.3. The monoisotopic (exact) mass is 345 g/mol. The number of aliphatic imine (C=N–C) groups is 2. The summed E-state index contributed by atoms with van der Waals surface area (Å²) in [7, 11) is 0. The molecule has 5 N–H and O–H groups in total. The molecule has 1 atom stereocenters. The molecular weight excluding hydrogens is 318 g/mol. The normalized spacial score (nSPS) is 16.6. The van der Waals surface area contributed by atoms with E-state index in [1.165, 1.54) is 12.8 Å². The van der Waals surface area contributed by atoms with Crippen LogP contribution in [0, 0.1) is 6.92 Å². The van der Waals surface area contributed by atoms with Gasteiger partial charge in [0.05, 0.1) is 6.04 Å². The SMILES string of the molecule is Cc1ccc(C(=NCCCNC(=O)O)N=C(N)[C@@H](C)NC2CC2)cc1. The fourth-order valence-electron chi connectivity index (χ4n) is 2.26. The van der Waals surface area contributed by atoms with Gasteiger partial charge in [0.1, 0.15) is 5.84 Å². The summed E-state index contributed by atoms with van der Waals surface area (Å²) >= 11 is 0. The van der Waals surface area contributed by atoms with Crippen molar-refractivity contribution in [1.29, 1.82) is 0 Å². The van der Waals surface area contributed by atoms with Crippen molar-refractivity contribution in [3.05, 3.63) is 35.4 Å². The van der Waals surface area contributed by atoms with Gasteiger partial charge in [0.2, 0.25) is 0 Å². The largest absolute Gasteiger partial charge is 0.465 e. The highest BCUT2D eigenvalue weighted by Crippen LogP contribution is 2.19. The van der Waals surface area contributed by atoms with Crippen molar-refractivity contribution in [2.75, 3.05) is 13.1 Å². The second-order valence-electron chi connectivity index (χ2n) is 6.36. The van der Waals surface area contributed by atoms with E-state index in [-0.39, 0.29) is 6.04 Å². The lowest BCUT2D eigenvalue weighted by molar-refractivity contribution is 0.194. The Morgan fingerprint density at radius 3 is 2.64 bits per heavy atom. The number of nitrogens with two attached hydrogens (primary N) is 1. The third-order valence-electron chi connectivity index (χ3n) is 3.92. The Kier molecular flexibility index (Phi) is 6.94. The summed E-state index contributed by atoms with van der Waals surface area (Å²) in [5.41, 5.74) is 8.21. The van der Waals surface area contributed by atoms with Crippen LogP contribution in [0.15, 0.2) is 34.3 Å². The molecule has 0 saturated heterocycles. The molecule has 0 aromatic heterocycles. The van der Waals surface area contributed by atoms with Gasteiger partial charge in [-0.3, -0.25) is 4.99 Å². The van der Waals surface area contributed by atoms with Gasteiger partial charge < -0.3 is 21.5 Å². The number of hydrogen-bond donors (Lipinski definition) is 4. The van der Waals surface area contributed by atoms with E-state index in [1.54, 1.807) is 0 Å². The lowest BCUT2D eigenvalue weighted by Gasteiger charge is -2.13. The number of hydrogen-bond acceptors (Lipinski definition) is 3. The van der Waals surface area contributed by atoms with Crippen molar-refractivity contribution in [2.45, 2.75) is 45.2 Å². The van der Waals surface area contributed by atoms with Crippen LogP contribution in [-0.2, 0) is 0 Å². The molecule has 1 aromatic carbocycles. The maximum absolute atomic E-state index is 10.5. The van der Waals surface area contributed by atoms with Crippen LogP contribution in [0.3, 0.4) is 0 Å². The van der Waals surface area contributed by atoms with Crippen LogP contribution in [-0.4, -0.2) is 48.0 Å². The Labute approximate surface area is 148 Å². The third kappa shape index (κ3) is 6.93. The highest BCUT2D eigenvalue weighted by molar-refractivity contribution is 6.07. The number of rotatable bonds is 8. The van der Waals surface area contributed by atoms with E-state index in [1.807, 2.05) is 38.1 Å². The molecule has 0 bridgehead atoms. The molecule has 1 fully saturated rings. The lowest BCUT2D eigenvalue weighted by atomic mass is 10.1. The summed E-state index contributed by atoms with van der Waals surface area (Å²) in [6.07, 6.45) is 1.96. The average Bonchev–Trinajstić information content (AvgIpc) is 3.37. The maximum Gasteiger partial charge on any atom is 0.404 e. The van der Waals surface area contributed by atoms with Gasteiger partial charge in [0, 0.05) is 24.7 Å². The van der Waals surface area contributed by atoms with E-state index < -0.39 is 6.09 Å². The Morgan fingerprint density at radius 1 is 1.36 bits per heavy atom. The minimum Gasteiger partial charge on any atom is -0.465 e. The van der Waals surface area contributed by atoms with Crippen LogP contribution in [0.25, 0.3) is 0 Å². The number of aryl methyl sites for hydroxylation is 1. The number of amidine groups is 2. The smallest absolute Gasteiger partial charge is 0.404 e. The van der Waals surface area contributed by atoms with Gasteiger partial charge >= 0.3 is 6.09 Å². The number of nitrogens with zero attached hydrogens (tertiary/aromatic N) is 2. The Balaban J connectivity index is 2.07. The first-order valence-corrected chi connectivity index (χ1v) is 8.64. The standard InChI is InChI=1S/C18H27N5O2/c1-12-4-6-14(7-5-12)17(20-10-3-11-21-18(24)25)23-16(19)13(2)22-15-8-9-15/h4-7,13,15,21-22H,3,8-11H2,1-2H3,(H,24,25)(H2,19,20,23)/t13-/m1/s1. The second-order valence-corrected chi connectivity index (χ2v) is 6.36. The number of carbonyl (C=O) groups is 1. The first kappa shape index (κ1) is 18.9. The van der Waals surface area contributed by atoms with Gasteiger partial charge in [0.15, 0.2) is 5.84 Å². The molecule has 1 aromatic rings. The zero-order chi connectivity index (χ0) is 18.2.